The number of carbonyl (C=O) groups is 1. The third-order valence-corrected chi connectivity index (χ3v) is 4.01. The molecule has 1 amide bonds. The molecule has 0 radical (unpaired) electrons. The number of hydrogen-bond acceptors (Lipinski definition) is 7. The Morgan fingerprint density at radius 3 is 2.71 bits per heavy atom. The van der Waals surface area contributed by atoms with Crippen LogP contribution in [0.4, 0.5) is 5.69 Å². The highest BCUT2D eigenvalue weighted by molar-refractivity contribution is 7.99. The molecule has 7 nitrogen and oxygen atoms in total. The van der Waals surface area contributed by atoms with Crippen molar-refractivity contribution in [3.63, 3.8) is 0 Å². The van der Waals surface area contributed by atoms with Crippen LogP contribution in [0.1, 0.15) is 5.76 Å². The summed E-state index contributed by atoms with van der Waals surface area (Å²) >= 11 is 1.17. The van der Waals surface area contributed by atoms with Crippen molar-refractivity contribution in [2.75, 3.05) is 18.2 Å². The Morgan fingerprint density at radius 1 is 1.25 bits per heavy atom. The van der Waals surface area contributed by atoms with Crippen molar-refractivity contribution in [2.45, 2.75) is 12.1 Å². The molecule has 0 unspecified atom stereocenters. The van der Waals surface area contributed by atoms with E-state index in [2.05, 4.69) is 15.5 Å². The molecule has 0 spiro atoms. The van der Waals surface area contributed by atoms with Crippen LogP contribution in [0.25, 0.3) is 11.5 Å². The quantitative estimate of drug-likeness (QED) is 0.685. The SMILES string of the molecule is COc1ccc(NC(=O)CSc2nnc(-c3ccoc3C)o2)cc1. The van der Waals surface area contributed by atoms with Crippen molar-refractivity contribution < 1.29 is 18.4 Å². The molecule has 0 saturated carbocycles. The van der Waals surface area contributed by atoms with Gasteiger partial charge in [-0.1, -0.05) is 11.8 Å². The lowest BCUT2D eigenvalue weighted by Gasteiger charge is -2.05. The number of nitrogens with zero attached hydrogens (tertiary/aromatic N) is 2. The minimum Gasteiger partial charge on any atom is -0.497 e. The van der Waals surface area contributed by atoms with Crippen LogP contribution in [0.5, 0.6) is 5.75 Å². The Balaban J connectivity index is 1.54. The van der Waals surface area contributed by atoms with Crippen LogP contribution in [0.15, 0.2) is 50.7 Å². The minimum absolute atomic E-state index is 0.163. The normalized spacial score (nSPS) is 10.6. The molecular weight excluding hydrogens is 330 g/mol. The molecule has 0 fully saturated rings. The van der Waals surface area contributed by atoms with E-state index < -0.39 is 0 Å². The van der Waals surface area contributed by atoms with E-state index in [9.17, 15) is 4.79 Å². The zero-order chi connectivity index (χ0) is 16.9. The van der Waals surface area contributed by atoms with Gasteiger partial charge in [-0.2, -0.15) is 0 Å². The number of thioether (sulfide) groups is 1. The first-order valence-corrected chi connectivity index (χ1v) is 8.09. The van der Waals surface area contributed by atoms with Crippen LogP contribution in [0, 0.1) is 6.92 Å². The zero-order valence-electron chi connectivity index (χ0n) is 13.1. The molecular formula is C16H15N3O4S. The summed E-state index contributed by atoms with van der Waals surface area (Å²) in [5.41, 5.74) is 1.44. The minimum atomic E-state index is -0.163. The summed E-state index contributed by atoms with van der Waals surface area (Å²) in [5.74, 6) is 1.81. The smallest absolute Gasteiger partial charge is 0.277 e. The Labute approximate surface area is 142 Å². The number of furan rings is 1. The third-order valence-electron chi connectivity index (χ3n) is 3.20. The molecule has 1 N–H and O–H groups in total. The van der Waals surface area contributed by atoms with Crippen LogP contribution in [0.2, 0.25) is 0 Å². The van der Waals surface area contributed by atoms with Crippen molar-refractivity contribution in [1.82, 2.24) is 10.2 Å². The molecule has 3 rings (SSSR count). The fraction of sp³-hybridized carbons (Fsp3) is 0.188. The number of rotatable bonds is 6. The predicted octanol–water partition coefficient (Wildman–Crippen LogP) is 3.38. The van der Waals surface area contributed by atoms with Gasteiger partial charge in [0.2, 0.25) is 5.91 Å². The molecule has 0 aliphatic heterocycles. The predicted molar refractivity (Wildman–Crippen MR) is 89.1 cm³/mol. The fourth-order valence-corrected chi connectivity index (χ4v) is 2.55. The number of amides is 1. The van der Waals surface area contributed by atoms with Crippen LogP contribution in [0.3, 0.4) is 0 Å². The van der Waals surface area contributed by atoms with Gasteiger partial charge in [0, 0.05) is 5.69 Å². The summed E-state index contributed by atoms with van der Waals surface area (Å²) < 4.78 is 15.8. The summed E-state index contributed by atoms with van der Waals surface area (Å²) in [4.78, 5) is 12.0. The first-order valence-electron chi connectivity index (χ1n) is 7.10. The van der Waals surface area contributed by atoms with E-state index in [1.54, 1.807) is 43.7 Å². The summed E-state index contributed by atoms with van der Waals surface area (Å²) in [5, 5.41) is 11.0. The number of benzene rings is 1. The number of ether oxygens (including phenoxy) is 1. The number of aryl methyl sites for hydroxylation is 1. The molecule has 0 atom stereocenters. The van der Waals surface area contributed by atoms with Gasteiger partial charge in [0.25, 0.3) is 11.1 Å². The fourth-order valence-electron chi connectivity index (χ4n) is 1.98. The molecule has 1 aromatic carbocycles. The van der Waals surface area contributed by atoms with Gasteiger partial charge >= 0.3 is 0 Å². The van der Waals surface area contributed by atoms with E-state index >= 15 is 0 Å². The number of methoxy groups -OCH3 is 1. The van der Waals surface area contributed by atoms with E-state index in [-0.39, 0.29) is 11.7 Å². The number of hydrogen-bond donors (Lipinski definition) is 1. The second-order valence-electron chi connectivity index (χ2n) is 4.83. The van der Waals surface area contributed by atoms with Gasteiger partial charge in [-0.3, -0.25) is 4.79 Å². The van der Waals surface area contributed by atoms with E-state index in [1.165, 1.54) is 11.8 Å². The van der Waals surface area contributed by atoms with Crippen molar-refractivity contribution in [2.24, 2.45) is 0 Å². The summed E-state index contributed by atoms with van der Waals surface area (Å²) in [6.07, 6.45) is 1.56. The van der Waals surface area contributed by atoms with Crippen LogP contribution in [-0.2, 0) is 4.79 Å². The second kappa shape index (κ2) is 7.22. The van der Waals surface area contributed by atoms with Gasteiger partial charge < -0.3 is 18.9 Å². The maximum absolute atomic E-state index is 12.0. The van der Waals surface area contributed by atoms with Crippen LogP contribution >= 0.6 is 11.8 Å². The van der Waals surface area contributed by atoms with Crippen LogP contribution in [-0.4, -0.2) is 29.0 Å². The number of carbonyl (C=O) groups excluding carboxylic acids is 1. The van der Waals surface area contributed by atoms with Crippen molar-refractivity contribution in [3.05, 3.63) is 42.4 Å². The van der Waals surface area contributed by atoms with Gasteiger partial charge in [0.15, 0.2) is 0 Å². The second-order valence-corrected chi connectivity index (χ2v) is 5.76. The number of aromatic nitrogens is 2. The monoisotopic (exact) mass is 345 g/mol. The lowest BCUT2D eigenvalue weighted by Crippen LogP contribution is -2.13. The molecule has 3 aromatic rings. The van der Waals surface area contributed by atoms with Gasteiger partial charge in [0.05, 0.1) is 24.7 Å². The van der Waals surface area contributed by atoms with Gasteiger partial charge in [-0.15, -0.1) is 10.2 Å². The standard InChI is InChI=1S/C16H15N3O4S/c1-10-13(7-8-22-10)15-18-19-16(23-15)24-9-14(20)17-11-3-5-12(21-2)6-4-11/h3-8H,9H2,1-2H3,(H,17,20). The highest BCUT2D eigenvalue weighted by Gasteiger charge is 2.14. The Bertz CT molecular complexity index is 826. The first-order chi connectivity index (χ1) is 11.7. The molecule has 8 heteroatoms. The third kappa shape index (κ3) is 3.77. The van der Waals surface area contributed by atoms with Gasteiger partial charge in [0.1, 0.15) is 11.5 Å². The molecule has 124 valence electrons. The van der Waals surface area contributed by atoms with Crippen LogP contribution < -0.4 is 10.1 Å². The maximum Gasteiger partial charge on any atom is 0.277 e. The van der Waals surface area contributed by atoms with Crippen molar-refractivity contribution in [1.29, 1.82) is 0 Å². The maximum atomic E-state index is 12.0. The van der Waals surface area contributed by atoms with Gasteiger partial charge in [-0.25, -0.2) is 0 Å². The van der Waals surface area contributed by atoms with E-state index in [0.29, 0.717) is 22.6 Å². The van der Waals surface area contributed by atoms with E-state index in [0.717, 1.165) is 11.3 Å². The highest BCUT2D eigenvalue weighted by Crippen LogP contribution is 2.26. The molecule has 0 saturated heterocycles. The lowest BCUT2D eigenvalue weighted by atomic mass is 10.3. The van der Waals surface area contributed by atoms with Crippen molar-refractivity contribution >= 4 is 23.4 Å². The number of nitrogens with one attached hydrogen (secondary N) is 1. The van der Waals surface area contributed by atoms with Gasteiger partial charge in [-0.05, 0) is 37.3 Å². The van der Waals surface area contributed by atoms with Crippen molar-refractivity contribution in [3.8, 4) is 17.2 Å². The Kier molecular flexibility index (Phi) is 4.85. The molecule has 0 aliphatic carbocycles. The Hall–Kier alpha value is -2.74. The Morgan fingerprint density at radius 2 is 2.04 bits per heavy atom. The average molecular weight is 345 g/mol. The lowest BCUT2D eigenvalue weighted by molar-refractivity contribution is -0.113. The molecule has 2 aromatic heterocycles. The largest absolute Gasteiger partial charge is 0.497 e. The van der Waals surface area contributed by atoms with E-state index in [1.807, 2.05) is 6.92 Å². The number of anilines is 1. The molecule has 0 bridgehead atoms. The first kappa shape index (κ1) is 16.1. The molecule has 24 heavy (non-hydrogen) atoms. The highest BCUT2D eigenvalue weighted by atomic mass is 32.2. The molecule has 2 heterocycles. The topological polar surface area (TPSA) is 90.4 Å². The summed E-state index contributed by atoms with van der Waals surface area (Å²) in [7, 11) is 1.59. The summed E-state index contributed by atoms with van der Waals surface area (Å²) in [6.45, 7) is 1.81. The van der Waals surface area contributed by atoms with E-state index in [4.69, 9.17) is 13.6 Å². The zero-order valence-corrected chi connectivity index (χ0v) is 13.9. The summed E-state index contributed by atoms with van der Waals surface area (Å²) in [6, 6.07) is 8.86. The average Bonchev–Trinajstić information content (AvgIpc) is 3.22. The molecule has 0 aliphatic rings.